The van der Waals surface area contributed by atoms with Crippen LogP contribution in [0.25, 0.3) is 23.2 Å². The molecule has 1 amide bonds. The van der Waals surface area contributed by atoms with Crippen LogP contribution in [0.5, 0.6) is 0 Å². The van der Waals surface area contributed by atoms with E-state index in [0.717, 1.165) is 16.7 Å². The van der Waals surface area contributed by atoms with Gasteiger partial charge in [-0.05, 0) is 43.7 Å². The molecule has 0 aliphatic carbocycles. The van der Waals surface area contributed by atoms with Gasteiger partial charge in [0.2, 0.25) is 10.0 Å². The van der Waals surface area contributed by atoms with Crippen molar-refractivity contribution in [1.82, 2.24) is 19.1 Å². The number of carbonyl (C=O) groups is 1. The smallest absolute Gasteiger partial charge is 0.275 e. The maximum Gasteiger partial charge on any atom is 0.275 e. The maximum atomic E-state index is 13.2. The van der Waals surface area contributed by atoms with Crippen molar-refractivity contribution in [2.75, 3.05) is 13.1 Å². The molecule has 2 heterocycles. The van der Waals surface area contributed by atoms with Gasteiger partial charge in [-0.1, -0.05) is 29.3 Å². The number of primary amides is 1. The minimum atomic E-state index is -4.13. The Balaban J connectivity index is 1.67. The van der Waals surface area contributed by atoms with Gasteiger partial charge in [0, 0.05) is 11.8 Å². The lowest BCUT2D eigenvalue weighted by Gasteiger charge is -2.37. The number of hydrogen-bond donors (Lipinski definition) is 1. The third-order valence-corrected chi connectivity index (χ3v) is 6.90. The zero-order chi connectivity index (χ0) is 24.0. The summed E-state index contributed by atoms with van der Waals surface area (Å²) in [6.07, 6.45) is 2.74. The van der Waals surface area contributed by atoms with Crippen molar-refractivity contribution in [2.45, 2.75) is 24.7 Å². The van der Waals surface area contributed by atoms with Gasteiger partial charge in [-0.3, -0.25) is 4.79 Å². The topological polar surface area (TPSA) is 111 Å². The number of halogens is 2. The molecule has 0 spiro atoms. The first-order valence-electron chi connectivity index (χ1n) is 9.94. The van der Waals surface area contributed by atoms with Gasteiger partial charge < -0.3 is 5.73 Å². The highest BCUT2D eigenvalue weighted by Gasteiger charge is 2.49. The molecule has 0 unspecified atom stereocenters. The van der Waals surface area contributed by atoms with E-state index in [1.807, 2.05) is 32.0 Å². The average Bonchev–Trinajstić information content (AvgIpc) is 3.18. The van der Waals surface area contributed by atoms with Gasteiger partial charge in [0.25, 0.3) is 11.8 Å². The van der Waals surface area contributed by atoms with Crippen LogP contribution in [0.3, 0.4) is 0 Å². The van der Waals surface area contributed by atoms with Gasteiger partial charge in [0.1, 0.15) is 6.33 Å². The molecule has 1 saturated heterocycles. The van der Waals surface area contributed by atoms with Crippen molar-refractivity contribution in [1.29, 1.82) is 0 Å². The van der Waals surface area contributed by atoms with E-state index in [9.17, 15) is 22.0 Å². The zero-order valence-electron chi connectivity index (χ0n) is 17.9. The third kappa shape index (κ3) is 4.69. The van der Waals surface area contributed by atoms with Crippen LogP contribution in [0, 0.1) is 13.8 Å². The fourth-order valence-electron chi connectivity index (χ4n) is 3.60. The van der Waals surface area contributed by atoms with E-state index in [4.69, 9.17) is 5.73 Å². The number of nitrogens with zero attached hydrogens (tertiary/aromatic N) is 4. The molecule has 1 aliphatic rings. The molecule has 4 rings (SSSR count). The number of nitrogens with two attached hydrogens (primary N) is 1. The van der Waals surface area contributed by atoms with E-state index in [-0.39, 0.29) is 16.0 Å². The molecule has 2 aromatic carbocycles. The van der Waals surface area contributed by atoms with Crippen molar-refractivity contribution in [3.05, 3.63) is 65.5 Å². The summed E-state index contributed by atoms with van der Waals surface area (Å²) in [5, 5.41) is 4.36. The van der Waals surface area contributed by atoms with Gasteiger partial charge in [-0.25, -0.2) is 26.9 Å². The molecule has 0 saturated carbocycles. The van der Waals surface area contributed by atoms with E-state index >= 15 is 0 Å². The molecule has 8 nitrogen and oxygen atoms in total. The van der Waals surface area contributed by atoms with Crippen LogP contribution in [-0.2, 0) is 14.8 Å². The molecule has 0 atom stereocenters. The number of sulfonamides is 1. The van der Waals surface area contributed by atoms with E-state index in [2.05, 4.69) is 10.1 Å². The second-order valence-electron chi connectivity index (χ2n) is 7.99. The summed E-state index contributed by atoms with van der Waals surface area (Å²) in [5.41, 5.74) is 8.63. The first-order valence-corrected chi connectivity index (χ1v) is 11.4. The van der Waals surface area contributed by atoms with Crippen LogP contribution in [0.15, 0.2) is 53.7 Å². The molecule has 2 N–H and O–H groups in total. The number of carbonyl (C=O) groups excluding carboxylic acids is 1. The quantitative estimate of drug-likeness (QED) is 0.554. The standard InChI is InChI=1S/C22H21F2N5O3S/c1-14-6-15(2)8-17(7-14)21-26-13-28(27-21)10-19(20(25)30)16-4-3-5-18(9-16)33(31,32)29-11-22(23,24)12-29/h3-10,13H,11-12H2,1-2H3,(H2,25,30)/b19-10+. The van der Waals surface area contributed by atoms with Gasteiger partial charge in [-0.15, -0.1) is 5.10 Å². The Morgan fingerprint density at radius 3 is 2.39 bits per heavy atom. The monoisotopic (exact) mass is 473 g/mol. The molecule has 172 valence electrons. The fraction of sp³-hybridized carbons (Fsp3) is 0.227. The first kappa shape index (κ1) is 22.7. The molecule has 1 aromatic heterocycles. The maximum absolute atomic E-state index is 13.2. The first-order chi connectivity index (χ1) is 15.4. The molecule has 1 aliphatic heterocycles. The lowest BCUT2D eigenvalue weighted by Crippen LogP contribution is -2.58. The summed E-state index contributed by atoms with van der Waals surface area (Å²) >= 11 is 0. The number of aryl methyl sites for hydroxylation is 2. The summed E-state index contributed by atoms with van der Waals surface area (Å²) < 4.78 is 53.6. The van der Waals surface area contributed by atoms with Crippen molar-refractivity contribution < 1.29 is 22.0 Å². The molecule has 33 heavy (non-hydrogen) atoms. The lowest BCUT2D eigenvalue weighted by molar-refractivity contribution is -0.112. The third-order valence-electron chi connectivity index (χ3n) is 5.11. The highest BCUT2D eigenvalue weighted by Crippen LogP contribution is 2.32. The predicted molar refractivity (Wildman–Crippen MR) is 118 cm³/mol. The normalized spacial score (nSPS) is 16.4. The Bertz CT molecular complexity index is 1350. The van der Waals surface area contributed by atoms with Crippen LogP contribution in [0.4, 0.5) is 8.78 Å². The summed E-state index contributed by atoms with van der Waals surface area (Å²) in [7, 11) is -4.13. The average molecular weight is 474 g/mol. The molecule has 3 aromatic rings. The second-order valence-corrected chi connectivity index (χ2v) is 9.93. The summed E-state index contributed by atoms with van der Waals surface area (Å²) in [6.45, 7) is 2.17. The number of hydrogen-bond acceptors (Lipinski definition) is 5. The van der Waals surface area contributed by atoms with Gasteiger partial charge in [-0.2, -0.15) is 4.31 Å². The second kappa shape index (κ2) is 8.16. The van der Waals surface area contributed by atoms with Gasteiger partial charge >= 0.3 is 0 Å². The van der Waals surface area contributed by atoms with Crippen molar-refractivity contribution >= 4 is 27.7 Å². The van der Waals surface area contributed by atoms with E-state index in [1.54, 1.807) is 0 Å². The van der Waals surface area contributed by atoms with Crippen LogP contribution < -0.4 is 5.73 Å². The summed E-state index contributed by atoms with van der Waals surface area (Å²) in [6, 6.07) is 11.3. The molecular weight excluding hydrogens is 452 g/mol. The molecule has 1 fully saturated rings. The fourth-order valence-corrected chi connectivity index (χ4v) is 5.14. The van der Waals surface area contributed by atoms with Crippen LogP contribution in [-0.4, -0.2) is 52.4 Å². The number of alkyl halides is 2. The number of amides is 1. The lowest BCUT2D eigenvalue weighted by atomic mass is 10.1. The number of benzene rings is 2. The molecule has 0 bridgehead atoms. The highest BCUT2D eigenvalue weighted by molar-refractivity contribution is 7.89. The summed E-state index contributed by atoms with van der Waals surface area (Å²) in [5.74, 6) is -3.41. The Morgan fingerprint density at radius 1 is 1.12 bits per heavy atom. The van der Waals surface area contributed by atoms with Crippen LogP contribution in [0.2, 0.25) is 0 Å². The Morgan fingerprint density at radius 2 is 1.79 bits per heavy atom. The van der Waals surface area contributed by atoms with Gasteiger partial charge in [0.15, 0.2) is 5.82 Å². The van der Waals surface area contributed by atoms with E-state index < -0.39 is 34.9 Å². The van der Waals surface area contributed by atoms with E-state index in [0.29, 0.717) is 10.1 Å². The van der Waals surface area contributed by atoms with Crippen molar-refractivity contribution in [3.63, 3.8) is 0 Å². The Kier molecular flexibility index (Phi) is 5.62. The molecule has 11 heteroatoms. The number of aromatic nitrogens is 3. The highest BCUT2D eigenvalue weighted by atomic mass is 32.2. The minimum Gasteiger partial charge on any atom is -0.366 e. The van der Waals surface area contributed by atoms with Crippen LogP contribution >= 0.6 is 0 Å². The summed E-state index contributed by atoms with van der Waals surface area (Å²) in [4.78, 5) is 16.2. The Labute approximate surface area is 189 Å². The minimum absolute atomic E-state index is 0.0159. The Hall–Kier alpha value is -3.44. The van der Waals surface area contributed by atoms with Crippen LogP contribution in [0.1, 0.15) is 16.7 Å². The van der Waals surface area contributed by atoms with E-state index in [1.165, 1.54) is 41.5 Å². The zero-order valence-corrected chi connectivity index (χ0v) is 18.7. The van der Waals surface area contributed by atoms with Crippen molar-refractivity contribution in [2.24, 2.45) is 5.73 Å². The van der Waals surface area contributed by atoms with Crippen molar-refractivity contribution in [3.8, 4) is 11.4 Å². The number of rotatable bonds is 6. The molecular formula is C22H21F2N5O3S. The predicted octanol–water partition coefficient (Wildman–Crippen LogP) is 2.68. The largest absolute Gasteiger partial charge is 0.366 e. The molecule has 0 radical (unpaired) electrons. The van der Waals surface area contributed by atoms with Gasteiger partial charge in [0.05, 0.1) is 23.6 Å². The SMILES string of the molecule is Cc1cc(C)cc(-c2ncn(/C=C(/C(N)=O)c3cccc(S(=O)(=O)N4CC(F)(F)C4)c3)n2)c1.